The van der Waals surface area contributed by atoms with Gasteiger partial charge in [-0.3, -0.25) is 0 Å². The summed E-state index contributed by atoms with van der Waals surface area (Å²) in [6.45, 7) is 5.02. The molecule has 1 fully saturated rings. The molecule has 5 nitrogen and oxygen atoms in total. The number of aryl methyl sites for hydroxylation is 1. The predicted molar refractivity (Wildman–Crippen MR) is 112 cm³/mol. The lowest BCUT2D eigenvalue weighted by molar-refractivity contribution is 0.0531. The summed E-state index contributed by atoms with van der Waals surface area (Å²) in [7, 11) is 0. The Balaban J connectivity index is 0.00000210. The first kappa shape index (κ1) is 20.1. The lowest BCUT2D eigenvalue weighted by Gasteiger charge is -2.06. The van der Waals surface area contributed by atoms with Gasteiger partial charge in [-0.1, -0.05) is 11.6 Å². The standard InChI is InChI=1S/C19H20ClN3O2S.ClH/c1-3-25-19(24)17-10(2)22-18(26-17)12-7-11-9-15(14-5-4-6-21-14)23-16(11)13(20)8-12;/h7-9,14,21,23H,3-6H2,1-2H3;1H. The van der Waals surface area contributed by atoms with Crippen molar-refractivity contribution in [2.24, 2.45) is 0 Å². The van der Waals surface area contributed by atoms with Gasteiger partial charge in [0.05, 0.1) is 22.8 Å². The van der Waals surface area contributed by atoms with Crippen LogP contribution in [-0.4, -0.2) is 29.1 Å². The van der Waals surface area contributed by atoms with Crippen LogP contribution in [0.2, 0.25) is 5.02 Å². The smallest absolute Gasteiger partial charge is 0.350 e. The molecule has 1 aliphatic heterocycles. The number of nitrogens with one attached hydrogen (secondary N) is 2. The van der Waals surface area contributed by atoms with Gasteiger partial charge in [-0.15, -0.1) is 23.7 Å². The maximum absolute atomic E-state index is 12.0. The minimum atomic E-state index is -0.322. The first-order valence-electron chi connectivity index (χ1n) is 8.77. The van der Waals surface area contributed by atoms with Crippen LogP contribution in [0, 0.1) is 6.92 Å². The number of thiazole rings is 1. The first-order valence-corrected chi connectivity index (χ1v) is 9.96. The number of halogens is 2. The second kappa shape index (κ2) is 8.19. The van der Waals surface area contributed by atoms with E-state index in [1.165, 1.54) is 23.5 Å². The van der Waals surface area contributed by atoms with Crippen LogP contribution < -0.4 is 5.32 Å². The SMILES string of the molecule is CCOC(=O)c1sc(-c2cc(Cl)c3[nH]c(C4CCCN4)cc3c2)nc1C.Cl. The third-order valence-corrected chi connectivity index (χ3v) is 6.13. The summed E-state index contributed by atoms with van der Waals surface area (Å²) in [6.07, 6.45) is 2.32. The Morgan fingerprint density at radius 3 is 2.93 bits per heavy atom. The average molecular weight is 426 g/mol. The lowest BCUT2D eigenvalue weighted by atomic mass is 10.1. The van der Waals surface area contributed by atoms with E-state index >= 15 is 0 Å². The summed E-state index contributed by atoms with van der Waals surface area (Å²) >= 11 is 7.87. The van der Waals surface area contributed by atoms with E-state index in [9.17, 15) is 4.79 Å². The summed E-state index contributed by atoms with van der Waals surface area (Å²) in [5.74, 6) is -0.322. The number of carbonyl (C=O) groups is 1. The number of ether oxygens (including phenoxy) is 1. The van der Waals surface area contributed by atoms with E-state index < -0.39 is 0 Å². The number of aromatic amines is 1. The Bertz CT molecular complexity index is 977. The van der Waals surface area contributed by atoms with Gasteiger partial charge in [0, 0.05) is 22.7 Å². The monoisotopic (exact) mass is 425 g/mol. The van der Waals surface area contributed by atoms with Crippen molar-refractivity contribution >= 4 is 52.2 Å². The topological polar surface area (TPSA) is 67.0 Å². The molecule has 2 aromatic heterocycles. The summed E-state index contributed by atoms with van der Waals surface area (Å²) in [4.78, 5) is 20.6. The molecule has 1 unspecified atom stereocenters. The van der Waals surface area contributed by atoms with Crippen molar-refractivity contribution in [3.63, 3.8) is 0 Å². The third-order valence-electron chi connectivity index (χ3n) is 4.64. The van der Waals surface area contributed by atoms with Crippen molar-refractivity contribution in [2.45, 2.75) is 32.7 Å². The van der Waals surface area contributed by atoms with Gasteiger partial charge in [-0.25, -0.2) is 9.78 Å². The van der Waals surface area contributed by atoms with Crippen LogP contribution in [-0.2, 0) is 4.74 Å². The predicted octanol–water partition coefficient (Wildman–Crippen LogP) is 5.28. The zero-order valence-corrected chi connectivity index (χ0v) is 17.5. The van der Waals surface area contributed by atoms with Gasteiger partial charge >= 0.3 is 5.97 Å². The molecule has 0 aliphatic carbocycles. The van der Waals surface area contributed by atoms with Crippen molar-refractivity contribution in [1.82, 2.24) is 15.3 Å². The normalized spacial score (nSPS) is 16.5. The molecule has 0 saturated carbocycles. The Hall–Kier alpha value is -1.60. The molecular weight excluding hydrogens is 405 g/mol. The molecule has 0 bridgehead atoms. The minimum Gasteiger partial charge on any atom is -0.462 e. The van der Waals surface area contributed by atoms with Crippen LogP contribution in [0.1, 0.15) is 46.9 Å². The fourth-order valence-corrected chi connectivity index (χ4v) is 4.61. The largest absolute Gasteiger partial charge is 0.462 e. The average Bonchev–Trinajstić information content (AvgIpc) is 3.33. The highest BCUT2D eigenvalue weighted by Gasteiger charge is 2.21. The van der Waals surface area contributed by atoms with Crippen molar-refractivity contribution in [2.75, 3.05) is 13.2 Å². The fraction of sp³-hybridized carbons (Fsp3) is 0.368. The van der Waals surface area contributed by atoms with E-state index in [1.807, 2.05) is 13.0 Å². The van der Waals surface area contributed by atoms with Crippen molar-refractivity contribution in [3.8, 4) is 10.6 Å². The third kappa shape index (κ3) is 3.85. The molecule has 1 saturated heterocycles. The second-order valence-electron chi connectivity index (χ2n) is 6.45. The highest BCUT2D eigenvalue weighted by molar-refractivity contribution is 7.17. The lowest BCUT2D eigenvalue weighted by Crippen LogP contribution is -2.12. The highest BCUT2D eigenvalue weighted by atomic mass is 35.5. The minimum absolute atomic E-state index is 0. The molecule has 144 valence electrons. The summed E-state index contributed by atoms with van der Waals surface area (Å²) in [5, 5.41) is 5.99. The van der Waals surface area contributed by atoms with Gasteiger partial charge in [-0.2, -0.15) is 0 Å². The number of fused-ring (bicyclic) bond motifs is 1. The van der Waals surface area contributed by atoms with E-state index in [0.29, 0.717) is 28.2 Å². The molecule has 0 spiro atoms. The Labute approximate surface area is 172 Å². The summed E-state index contributed by atoms with van der Waals surface area (Å²) in [5.41, 5.74) is 3.71. The number of rotatable bonds is 4. The van der Waals surface area contributed by atoms with E-state index in [0.717, 1.165) is 34.4 Å². The number of benzene rings is 1. The van der Waals surface area contributed by atoms with Crippen molar-refractivity contribution in [1.29, 1.82) is 0 Å². The van der Waals surface area contributed by atoms with Gasteiger partial charge in [0.1, 0.15) is 9.88 Å². The van der Waals surface area contributed by atoms with Crippen LogP contribution in [0.25, 0.3) is 21.5 Å². The van der Waals surface area contributed by atoms with Crippen LogP contribution in [0.4, 0.5) is 0 Å². The molecule has 2 N–H and O–H groups in total. The molecule has 8 heteroatoms. The number of hydrogen-bond acceptors (Lipinski definition) is 5. The molecule has 0 amide bonds. The molecule has 1 aliphatic rings. The second-order valence-corrected chi connectivity index (χ2v) is 7.86. The van der Waals surface area contributed by atoms with Gasteiger partial charge in [0.25, 0.3) is 0 Å². The number of aromatic nitrogens is 2. The van der Waals surface area contributed by atoms with Gasteiger partial charge < -0.3 is 15.0 Å². The summed E-state index contributed by atoms with van der Waals surface area (Å²) in [6, 6.07) is 6.49. The quantitative estimate of drug-likeness (QED) is 0.558. The molecule has 3 aromatic rings. The molecule has 0 radical (unpaired) electrons. The van der Waals surface area contributed by atoms with E-state index in [-0.39, 0.29) is 18.4 Å². The van der Waals surface area contributed by atoms with Crippen LogP contribution in [0.3, 0.4) is 0 Å². The molecule has 1 aromatic carbocycles. The fourth-order valence-electron chi connectivity index (χ4n) is 3.39. The summed E-state index contributed by atoms with van der Waals surface area (Å²) < 4.78 is 5.11. The van der Waals surface area contributed by atoms with Gasteiger partial charge in [0.15, 0.2) is 0 Å². The van der Waals surface area contributed by atoms with Gasteiger partial charge in [0.2, 0.25) is 0 Å². The highest BCUT2D eigenvalue weighted by Crippen LogP contribution is 2.36. The molecule has 4 rings (SSSR count). The number of H-pyrrole nitrogens is 1. The van der Waals surface area contributed by atoms with E-state index in [1.54, 1.807) is 6.92 Å². The van der Waals surface area contributed by atoms with Crippen molar-refractivity contribution < 1.29 is 9.53 Å². The van der Waals surface area contributed by atoms with Crippen LogP contribution in [0.15, 0.2) is 18.2 Å². The Kier molecular flexibility index (Phi) is 6.11. The molecule has 3 heterocycles. The molecule has 1 atom stereocenters. The maximum Gasteiger partial charge on any atom is 0.350 e. The van der Waals surface area contributed by atoms with Crippen LogP contribution >= 0.6 is 35.3 Å². The zero-order chi connectivity index (χ0) is 18.3. The van der Waals surface area contributed by atoms with E-state index in [2.05, 4.69) is 27.4 Å². The number of hydrogen-bond donors (Lipinski definition) is 2. The van der Waals surface area contributed by atoms with Crippen molar-refractivity contribution in [3.05, 3.63) is 39.5 Å². The maximum atomic E-state index is 12.0. The first-order chi connectivity index (χ1) is 12.6. The zero-order valence-electron chi connectivity index (χ0n) is 15.1. The van der Waals surface area contributed by atoms with E-state index in [4.69, 9.17) is 16.3 Å². The van der Waals surface area contributed by atoms with Gasteiger partial charge in [-0.05, 0) is 51.4 Å². The Morgan fingerprint density at radius 2 is 2.22 bits per heavy atom. The molecule has 27 heavy (non-hydrogen) atoms. The molecular formula is C19H21Cl2N3O2S. The number of nitrogens with zero attached hydrogens (tertiary/aromatic N) is 1. The van der Waals surface area contributed by atoms with Crippen LogP contribution in [0.5, 0.6) is 0 Å². The number of carbonyl (C=O) groups excluding carboxylic acids is 1. The number of esters is 1. The Morgan fingerprint density at radius 1 is 1.41 bits per heavy atom.